The SMILES string of the molecule is CCCCCCCOc1ccc2c(c1)c(C(=O)OCC)c(C)n2-c1ccc(OC)cc1. The molecule has 0 aliphatic carbocycles. The number of carbonyl (C=O) groups is 1. The molecule has 0 radical (unpaired) electrons. The summed E-state index contributed by atoms with van der Waals surface area (Å²) in [5.41, 5.74) is 3.33. The third-order valence-electron chi connectivity index (χ3n) is 5.50. The van der Waals surface area contributed by atoms with Crippen molar-refractivity contribution in [3.63, 3.8) is 0 Å². The number of unbranched alkanes of at least 4 members (excludes halogenated alkanes) is 4. The molecule has 1 heterocycles. The first-order valence-electron chi connectivity index (χ1n) is 11.2. The first-order valence-corrected chi connectivity index (χ1v) is 11.2. The van der Waals surface area contributed by atoms with E-state index < -0.39 is 0 Å². The van der Waals surface area contributed by atoms with E-state index in [1.807, 2.05) is 56.3 Å². The summed E-state index contributed by atoms with van der Waals surface area (Å²) in [5, 5.41) is 0.843. The largest absolute Gasteiger partial charge is 0.497 e. The van der Waals surface area contributed by atoms with Gasteiger partial charge in [-0.3, -0.25) is 0 Å². The molecule has 3 aromatic rings. The molecule has 0 saturated heterocycles. The number of esters is 1. The number of benzene rings is 2. The van der Waals surface area contributed by atoms with Gasteiger partial charge in [0.1, 0.15) is 11.5 Å². The molecular formula is C26H33NO4. The number of fused-ring (bicyclic) bond motifs is 1. The van der Waals surface area contributed by atoms with Crippen LogP contribution in [0.4, 0.5) is 0 Å². The van der Waals surface area contributed by atoms with Gasteiger partial charge in [0.25, 0.3) is 0 Å². The van der Waals surface area contributed by atoms with Gasteiger partial charge >= 0.3 is 5.97 Å². The minimum Gasteiger partial charge on any atom is -0.497 e. The number of hydrogen-bond acceptors (Lipinski definition) is 4. The molecule has 5 nitrogen and oxygen atoms in total. The molecule has 0 aliphatic heterocycles. The lowest BCUT2D eigenvalue weighted by atomic mass is 10.1. The molecule has 166 valence electrons. The van der Waals surface area contributed by atoms with Crippen LogP contribution in [-0.4, -0.2) is 30.9 Å². The number of ether oxygens (including phenoxy) is 3. The van der Waals surface area contributed by atoms with Crippen molar-refractivity contribution in [2.75, 3.05) is 20.3 Å². The second-order valence-electron chi connectivity index (χ2n) is 7.66. The highest BCUT2D eigenvalue weighted by molar-refractivity contribution is 6.07. The van der Waals surface area contributed by atoms with Gasteiger partial charge in [-0.25, -0.2) is 4.79 Å². The summed E-state index contributed by atoms with van der Waals surface area (Å²) in [6.07, 6.45) is 5.97. The molecule has 31 heavy (non-hydrogen) atoms. The van der Waals surface area contributed by atoms with Gasteiger partial charge in [-0.1, -0.05) is 32.6 Å². The number of rotatable bonds is 11. The summed E-state index contributed by atoms with van der Waals surface area (Å²) in [6, 6.07) is 13.8. The average Bonchev–Trinajstić information content (AvgIpc) is 3.07. The molecule has 3 rings (SSSR count). The normalized spacial score (nSPS) is 11.0. The maximum Gasteiger partial charge on any atom is 0.340 e. The number of nitrogens with zero attached hydrogens (tertiary/aromatic N) is 1. The van der Waals surface area contributed by atoms with E-state index in [4.69, 9.17) is 14.2 Å². The molecule has 0 spiro atoms. The fourth-order valence-electron chi connectivity index (χ4n) is 3.91. The van der Waals surface area contributed by atoms with E-state index in [0.717, 1.165) is 40.2 Å². The minimum absolute atomic E-state index is 0.311. The molecule has 5 heteroatoms. The zero-order chi connectivity index (χ0) is 22.2. The van der Waals surface area contributed by atoms with Gasteiger partial charge in [-0.15, -0.1) is 0 Å². The second kappa shape index (κ2) is 10.9. The number of aromatic nitrogens is 1. The third-order valence-corrected chi connectivity index (χ3v) is 5.50. The molecule has 0 aliphatic rings. The highest BCUT2D eigenvalue weighted by atomic mass is 16.5. The zero-order valence-corrected chi connectivity index (χ0v) is 19.1. The van der Waals surface area contributed by atoms with Crippen LogP contribution in [0, 0.1) is 6.92 Å². The summed E-state index contributed by atoms with van der Waals surface area (Å²) in [4.78, 5) is 12.8. The second-order valence-corrected chi connectivity index (χ2v) is 7.66. The van der Waals surface area contributed by atoms with Crippen LogP contribution in [0.5, 0.6) is 11.5 Å². The Balaban J connectivity index is 1.95. The standard InChI is InChI=1S/C26H33NO4/c1-5-7-8-9-10-17-31-22-15-16-24-23(18-22)25(26(28)30-6-2)19(3)27(24)20-11-13-21(29-4)14-12-20/h11-16,18H,5-10,17H2,1-4H3. The van der Waals surface area contributed by atoms with Crippen molar-refractivity contribution in [1.82, 2.24) is 4.57 Å². The van der Waals surface area contributed by atoms with Gasteiger partial charge < -0.3 is 18.8 Å². The van der Waals surface area contributed by atoms with E-state index >= 15 is 0 Å². The number of carbonyl (C=O) groups excluding carboxylic acids is 1. The van der Waals surface area contributed by atoms with Crippen molar-refractivity contribution in [1.29, 1.82) is 0 Å². The molecule has 0 amide bonds. The third kappa shape index (κ3) is 5.22. The predicted octanol–water partition coefficient (Wildman–Crippen LogP) is 6.47. The van der Waals surface area contributed by atoms with Crippen LogP contribution < -0.4 is 9.47 Å². The Morgan fingerprint density at radius 2 is 1.65 bits per heavy atom. The first-order chi connectivity index (χ1) is 15.1. The number of methoxy groups -OCH3 is 1. The van der Waals surface area contributed by atoms with E-state index in [0.29, 0.717) is 18.8 Å². The minimum atomic E-state index is -0.311. The summed E-state index contributed by atoms with van der Waals surface area (Å²) >= 11 is 0. The summed E-state index contributed by atoms with van der Waals surface area (Å²) in [7, 11) is 1.65. The molecule has 0 bridgehead atoms. The topological polar surface area (TPSA) is 49.7 Å². The van der Waals surface area contributed by atoms with E-state index in [2.05, 4.69) is 11.5 Å². The quantitative estimate of drug-likeness (QED) is 0.262. The molecular weight excluding hydrogens is 390 g/mol. The maximum absolute atomic E-state index is 12.8. The van der Waals surface area contributed by atoms with Crippen molar-refractivity contribution < 1.29 is 19.0 Å². The van der Waals surface area contributed by atoms with E-state index in [1.165, 1.54) is 25.7 Å². The van der Waals surface area contributed by atoms with E-state index in [9.17, 15) is 4.79 Å². The Bertz CT molecular complexity index is 1000. The Labute approximate surface area is 184 Å². The van der Waals surface area contributed by atoms with Gasteiger partial charge in [-0.05, 0) is 62.7 Å². The summed E-state index contributed by atoms with van der Waals surface area (Å²) in [6.45, 7) is 7.00. The lowest BCUT2D eigenvalue weighted by molar-refractivity contribution is 0.0527. The van der Waals surface area contributed by atoms with Crippen molar-refractivity contribution >= 4 is 16.9 Å². The average molecular weight is 424 g/mol. The van der Waals surface area contributed by atoms with Crippen molar-refractivity contribution in [2.45, 2.75) is 52.9 Å². The van der Waals surface area contributed by atoms with Gasteiger partial charge in [0.05, 0.1) is 31.4 Å². The lowest BCUT2D eigenvalue weighted by Crippen LogP contribution is -2.07. The molecule has 0 atom stereocenters. The Kier molecular flexibility index (Phi) is 7.99. The fourth-order valence-corrected chi connectivity index (χ4v) is 3.91. The highest BCUT2D eigenvalue weighted by Gasteiger charge is 2.22. The van der Waals surface area contributed by atoms with Gasteiger partial charge in [0, 0.05) is 16.8 Å². The first kappa shape index (κ1) is 22.7. The monoisotopic (exact) mass is 423 g/mol. The molecule has 1 aromatic heterocycles. The van der Waals surface area contributed by atoms with Crippen LogP contribution >= 0.6 is 0 Å². The van der Waals surface area contributed by atoms with Crippen LogP contribution in [0.15, 0.2) is 42.5 Å². The molecule has 0 saturated carbocycles. The van der Waals surface area contributed by atoms with Crippen molar-refractivity contribution in [3.05, 3.63) is 53.7 Å². The van der Waals surface area contributed by atoms with Crippen LogP contribution in [0.1, 0.15) is 62.0 Å². The van der Waals surface area contributed by atoms with E-state index in [-0.39, 0.29) is 5.97 Å². The molecule has 2 aromatic carbocycles. The molecule has 0 unspecified atom stereocenters. The van der Waals surface area contributed by atoms with Gasteiger partial charge in [0.2, 0.25) is 0 Å². The fraction of sp³-hybridized carbons (Fsp3) is 0.423. The molecule has 0 N–H and O–H groups in total. The number of hydrogen-bond donors (Lipinski definition) is 0. The Hall–Kier alpha value is -2.95. The zero-order valence-electron chi connectivity index (χ0n) is 19.1. The Morgan fingerprint density at radius 3 is 2.32 bits per heavy atom. The smallest absolute Gasteiger partial charge is 0.340 e. The lowest BCUT2D eigenvalue weighted by Gasteiger charge is -2.10. The van der Waals surface area contributed by atoms with Crippen molar-refractivity contribution in [3.8, 4) is 17.2 Å². The van der Waals surface area contributed by atoms with E-state index in [1.54, 1.807) is 7.11 Å². The van der Waals surface area contributed by atoms with Gasteiger partial charge in [-0.2, -0.15) is 0 Å². The Morgan fingerprint density at radius 1 is 0.935 bits per heavy atom. The predicted molar refractivity (Wildman–Crippen MR) is 125 cm³/mol. The van der Waals surface area contributed by atoms with Crippen molar-refractivity contribution in [2.24, 2.45) is 0 Å². The molecule has 0 fully saturated rings. The van der Waals surface area contributed by atoms with Crippen LogP contribution in [-0.2, 0) is 4.74 Å². The summed E-state index contributed by atoms with van der Waals surface area (Å²) < 4.78 is 18.7. The summed E-state index contributed by atoms with van der Waals surface area (Å²) in [5.74, 6) is 1.26. The highest BCUT2D eigenvalue weighted by Crippen LogP contribution is 2.33. The van der Waals surface area contributed by atoms with Crippen LogP contribution in [0.25, 0.3) is 16.6 Å². The maximum atomic E-state index is 12.8. The van der Waals surface area contributed by atoms with Crippen LogP contribution in [0.2, 0.25) is 0 Å². The van der Waals surface area contributed by atoms with Gasteiger partial charge in [0.15, 0.2) is 0 Å². The van der Waals surface area contributed by atoms with Crippen LogP contribution in [0.3, 0.4) is 0 Å².